The average molecular weight is 194 g/mol. The highest BCUT2D eigenvalue weighted by Crippen LogP contribution is 2.38. The van der Waals surface area contributed by atoms with Gasteiger partial charge >= 0.3 is 0 Å². The quantitative estimate of drug-likeness (QED) is 0.690. The lowest BCUT2D eigenvalue weighted by Gasteiger charge is -2.36. The molecule has 1 N–H and O–H groups in total. The Labute approximate surface area is 85.0 Å². The fourth-order valence-corrected chi connectivity index (χ4v) is 2.66. The maximum atomic E-state index is 11.9. The van der Waals surface area contributed by atoms with Gasteiger partial charge in [0.05, 0.1) is 17.7 Å². The van der Waals surface area contributed by atoms with E-state index in [2.05, 4.69) is 31.3 Å². The van der Waals surface area contributed by atoms with E-state index in [1.165, 1.54) is 0 Å². The molecule has 3 nitrogen and oxygen atoms in total. The predicted octanol–water partition coefficient (Wildman–Crippen LogP) is 1.73. The van der Waals surface area contributed by atoms with E-state index in [-0.39, 0.29) is 17.4 Å². The highest BCUT2D eigenvalue weighted by Gasteiger charge is 2.44. The Morgan fingerprint density at radius 3 is 2.93 bits per heavy atom. The summed E-state index contributed by atoms with van der Waals surface area (Å²) in [5.41, 5.74) is 4.31. The first-order chi connectivity index (χ1) is 6.53. The van der Waals surface area contributed by atoms with Gasteiger partial charge in [-0.05, 0) is 18.3 Å². The van der Waals surface area contributed by atoms with Gasteiger partial charge in [0.25, 0.3) is 0 Å². The third-order valence-corrected chi connectivity index (χ3v) is 3.27. The number of nitrogens with one attached hydrogen (secondary N) is 1. The molecule has 0 radical (unpaired) electrons. The van der Waals surface area contributed by atoms with E-state index in [0.29, 0.717) is 12.2 Å². The second-order valence-corrected chi connectivity index (χ2v) is 5.18. The van der Waals surface area contributed by atoms with Gasteiger partial charge in [-0.3, -0.25) is 4.79 Å². The summed E-state index contributed by atoms with van der Waals surface area (Å²) in [6.07, 6.45) is 2.64. The molecule has 0 aromatic heterocycles. The van der Waals surface area contributed by atoms with Crippen LogP contribution in [0.15, 0.2) is 5.10 Å². The zero-order chi connectivity index (χ0) is 10.3. The Balaban J connectivity index is 2.20. The minimum atomic E-state index is 0.0769. The van der Waals surface area contributed by atoms with Crippen LogP contribution in [0.1, 0.15) is 40.0 Å². The monoisotopic (exact) mass is 194 g/mol. The predicted molar refractivity (Wildman–Crippen MR) is 56.2 cm³/mol. The second kappa shape index (κ2) is 3.07. The summed E-state index contributed by atoms with van der Waals surface area (Å²) in [4.78, 5) is 11.9. The van der Waals surface area contributed by atoms with Gasteiger partial charge in [-0.15, -0.1) is 0 Å². The largest absolute Gasteiger partial charge is 0.306 e. The van der Waals surface area contributed by atoms with Gasteiger partial charge in [-0.1, -0.05) is 20.8 Å². The minimum absolute atomic E-state index is 0.0769. The van der Waals surface area contributed by atoms with E-state index in [4.69, 9.17) is 0 Å². The molecule has 1 heterocycles. The Kier molecular flexibility index (Phi) is 2.13. The van der Waals surface area contributed by atoms with Crippen LogP contribution in [-0.2, 0) is 4.79 Å². The van der Waals surface area contributed by atoms with Crippen LogP contribution in [-0.4, -0.2) is 17.5 Å². The number of fused-ring (bicyclic) bond motifs is 1. The molecule has 0 aromatic carbocycles. The number of hydrazone groups is 1. The van der Waals surface area contributed by atoms with Gasteiger partial charge in [0.1, 0.15) is 5.78 Å². The number of hydrogen-bond acceptors (Lipinski definition) is 3. The molecular formula is C11H18N2O. The zero-order valence-corrected chi connectivity index (χ0v) is 9.13. The van der Waals surface area contributed by atoms with E-state index < -0.39 is 0 Å². The molecule has 1 fully saturated rings. The molecule has 0 aromatic rings. The fraction of sp³-hybridized carbons (Fsp3) is 0.818. The van der Waals surface area contributed by atoms with Crippen LogP contribution in [0.2, 0.25) is 0 Å². The Bertz CT molecular complexity index is 294. The highest BCUT2D eigenvalue weighted by molar-refractivity contribution is 6.07. The first-order valence-corrected chi connectivity index (χ1v) is 5.38. The van der Waals surface area contributed by atoms with Crippen molar-refractivity contribution in [2.45, 2.75) is 46.1 Å². The molecule has 1 aliphatic heterocycles. The molecular weight excluding hydrogens is 176 g/mol. The molecule has 2 aliphatic rings. The van der Waals surface area contributed by atoms with Crippen molar-refractivity contribution < 1.29 is 4.79 Å². The number of Topliss-reactive ketones (excluding diaryl/α,β-unsaturated/α-hetero) is 1. The summed E-state index contributed by atoms with van der Waals surface area (Å²) in [5, 5.41) is 4.26. The van der Waals surface area contributed by atoms with Crippen molar-refractivity contribution in [1.29, 1.82) is 0 Å². The van der Waals surface area contributed by atoms with Gasteiger partial charge in [0.15, 0.2) is 0 Å². The van der Waals surface area contributed by atoms with Crippen molar-refractivity contribution in [2.75, 3.05) is 0 Å². The van der Waals surface area contributed by atoms with Crippen LogP contribution in [0.25, 0.3) is 0 Å². The Hall–Kier alpha value is -0.860. The van der Waals surface area contributed by atoms with Gasteiger partial charge in [0.2, 0.25) is 0 Å². The smallest absolute Gasteiger partial charge is 0.144 e. The van der Waals surface area contributed by atoms with Crippen molar-refractivity contribution in [3.05, 3.63) is 0 Å². The molecule has 3 heteroatoms. The van der Waals surface area contributed by atoms with Crippen LogP contribution >= 0.6 is 0 Å². The molecule has 1 aliphatic carbocycles. The first-order valence-electron chi connectivity index (χ1n) is 5.38. The zero-order valence-electron chi connectivity index (χ0n) is 9.13. The summed E-state index contributed by atoms with van der Waals surface area (Å²) in [5.74, 6) is 0.449. The summed E-state index contributed by atoms with van der Waals surface area (Å²) >= 11 is 0. The van der Waals surface area contributed by atoms with Crippen LogP contribution in [0, 0.1) is 11.3 Å². The third kappa shape index (κ3) is 1.45. The fourth-order valence-electron chi connectivity index (χ4n) is 2.66. The molecule has 78 valence electrons. The number of ketones is 1. The molecule has 14 heavy (non-hydrogen) atoms. The number of carbonyl (C=O) groups excluding carboxylic acids is 1. The van der Waals surface area contributed by atoms with Crippen LogP contribution in [0.5, 0.6) is 0 Å². The lowest BCUT2D eigenvalue weighted by molar-refractivity contribution is -0.126. The minimum Gasteiger partial charge on any atom is -0.306 e. The lowest BCUT2D eigenvalue weighted by Crippen LogP contribution is -2.45. The van der Waals surface area contributed by atoms with Crippen LogP contribution < -0.4 is 5.43 Å². The number of hydrogen-bond donors (Lipinski definition) is 1. The van der Waals surface area contributed by atoms with Gasteiger partial charge < -0.3 is 5.43 Å². The summed E-state index contributed by atoms with van der Waals surface area (Å²) in [6.45, 7) is 6.38. The number of rotatable bonds is 1. The van der Waals surface area contributed by atoms with E-state index in [1.54, 1.807) is 0 Å². The van der Waals surface area contributed by atoms with Gasteiger partial charge in [0, 0.05) is 6.42 Å². The second-order valence-electron chi connectivity index (χ2n) is 5.18. The normalized spacial score (nSPS) is 34.8. The van der Waals surface area contributed by atoms with Crippen molar-refractivity contribution in [3.63, 3.8) is 0 Å². The average Bonchev–Trinajstić information content (AvgIpc) is 2.44. The van der Waals surface area contributed by atoms with Crippen molar-refractivity contribution >= 4 is 11.5 Å². The SMILES string of the molecule is CCC1=NNC2CC(C)(C)CC(=O)C12. The number of carbonyl (C=O) groups is 1. The maximum absolute atomic E-state index is 11.9. The Morgan fingerprint density at radius 2 is 2.29 bits per heavy atom. The third-order valence-electron chi connectivity index (χ3n) is 3.27. The van der Waals surface area contributed by atoms with Crippen LogP contribution in [0.3, 0.4) is 0 Å². The standard InChI is InChI=1S/C11H18N2O/c1-4-7-10-8(13-12-7)5-11(2,3)6-9(10)14/h8,10,13H,4-6H2,1-3H3. The molecule has 0 saturated heterocycles. The molecule has 0 bridgehead atoms. The van der Waals surface area contributed by atoms with Crippen molar-refractivity contribution in [3.8, 4) is 0 Å². The summed E-state index contributed by atoms with van der Waals surface area (Å²) in [6, 6.07) is 0.265. The van der Waals surface area contributed by atoms with E-state index >= 15 is 0 Å². The van der Waals surface area contributed by atoms with Gasteiger partial charge in [-0.25, -0.2) is 0 Å². The molecule has 2 unspecified atom stereocenters. The highest BCUT2D eigenvalue weighted by atomic mass is 16.1. The first kappa shape index (κ1) is 9.69. The Morgan fingerprint density at radius 1 is 1.57 bits per heavy atom. The maximum Gasteiger partial charge on any atom is 0.144 e. The summed E-state index contributed by atoms with van der Waals surface area (Å²) in [7, 11) is 0. The molecule has 0 amide bonds. The van der Waals surface area contributed by atoms with E-state index in [0.717, 1.165) is 18.6 Å². The topological polar surface area (TPSA) is 41.5 Å². The molecule has 2 atom stereocenters. The number of nitrogens with zero attached hydrogens (tertiary/aromatic N) is 1. The molecule has 2 rings (SSSR count). The molecule has 0 spiro atoms. The lowest BCUT2D eigenvalue weighted by atomic mass is 9.68. The van der Waals surface area contributed by atoms with Crippen molar-refractivity contribution in [1.82, 2.24) is 5.43 Å². The van der Waals surface area contributed by atoms with Gasteiger partial charge in [-0.2, -0.15) is 5.10 Å². The van der Waals surface area contributed by atoms with E-state index in [9.17, 15) is 4.79 Å². The summed E-state index contributed by atoms with van der Waals surface area (Å²) < 4.78 is 0. The van der Waals surface area contributed by atoms with Crippen molar-refractivity contribution in [2.24, 2.45) is 16.4 Å². The van der Waals surface area contributed by atoms with E-state index in [1.807, 2.05) is 0 Å². The van der Waals surface area contributed by atoms with Crippen LogP contribution in [0.4, 0.5) is 0 Å². The molecule has 1 saturated carbocycles.